The van der Waals surface area contributed by atoms with Gasteiger partial charge in [0.2, 0.25) is 0 Å². The minimum absolute atomic E-state index is 0.182. The number of amides is 1. The summed E-state index contributed by atoms with van der Waals surface area (Å²) in [5, 5.41) is 0.152. The quantitative estimate of drug-likeness (QED) is 0.281. The Labute approximate surface area is 215 Å². The van der Waals surface area contributed by atoms with Crippen LogP contribution in [0.2, 0.25) is 0 Å². The fourth-order valence-corrected chi connectivity index (χ4v) is 14.2. The van der Waals surface area contributed by atoms with Gasteiger partial charge >= 0.3 is 216 Å². The Morgan fingerprint density at radius 2 is 1.23 bits per heavy atom. The second-order valence-electron chi connectivity index (χ2n) is 8.96. The SMILES string of the molecule is COc1ccccc1CN1CCC(P(Br)(c2ccccc2)(c2ccccc2)c2ccccc2)C1=O. The number of benzene rings is 4. The first-order chi connectivity index (χ1) is 17.1. The van der Waals surface area contributed by atoms with Crippen LogP contribution >= 0.6 is 20.8 Å². The number of para-hydroxylation sites is 1. The summed E-state index contributed by atoms with van der Waals surface area (Å²) in [6.07, 6.45) is 0.774. The molecule has 5 heteroatoms. The van der Waals surface area contributed by atoms with E-state index in [0.717, 1.165) is 17.7 Å². The number of nitrogens with zero attached hydrogens (tertiary/aromatic N) is 1. The molecular formula is C30H29BrNO2P. The molecule has 1 amide bonds. The van der Waals surface area contributed by atoms with Crippen molar-refractivity contribution in [2.75, 3.05) is 13.7 Å². The van der Waals surface area contributed by atoms with Gasteiger partial charge in [-0.25, -0.2) is 0 Å². The van der Waals surface area contributed by atoms with Gasteiger partial charge in [0.15, 0.2) is 0 Å². The molecule has 35 heavy (non-hydrogen) atoms. The average Bonchev–Trinajstić information content (AvgIpc) is 3.30. The van der Waals surface area contributed by atoms with Crippen LogP contribution in [-0.2, 0) is 11.3 Å². The van der Waals surface area contributed by atoms with E-state index in [4.69, 9.17) is 4.74 Å². The topological polar surface area (TPSA) is 29.5 Å². The van der Waals surface area contributed by atoms with Gasteiger partial charge in [0.25, 0.3) is 0 Å². The van der Waals surface area contributed by atoms with Crippen LogP contribution in [0.15, 0.2) is 115 Å². The summed E-state index contributed by atoms with van der Waals surface area (Å²) in [7, 11) is 1.68. The molecule has 1 fully saturated rings. The third-order valence-electron chi connectivity index (χ3n) is 7.19. The Morgan fingerprint density at radius 1 is 0.771 bits per heavy atom. The number of carbonyl (C=O) groups is 1. The summed E-state index contributed by atoms with van der Waals surface area (Å²) >= 11 is 4.48. The molecule has 0 aromatic heterocycles. The Kier molecular flexibility index (Phi) is 6.53. The second kappa shape index (κ2) is 9.60. The Hall–Kier alpha value is -2.94. The molecule has 1 aliphatic rings. The van der Waals surface area contributed by atoms with E-state index in [2.05, 4.69) is 88.3 Å². The van der Waals surface area contributed by atoms with E-state index in [1.807, 2.05) is 47.4 Å². The zero-order chi connectivity index (χ0) is 24.3. The van der Waals surface area contributed by atoms with Crippen molar-refractivity contribution >= 4 is 42.6 Å². The van der Waals surface area contributed by atoms with Crippen molar-refractivity contribution in [1.82, 2.24) is 4.90 Å². The molecular weight excluding hydrogens is 517 g/mol. The number of likely N-dealkylation sites (tertiary alicyclic amines) is 1. The van der Waals surface area contributed by atoms with Crippen molar-refractivity contribution in [1.29, 1.82) is 0 Å². The maximum atomic E-state index is 14.4. The van der Waals surface area contributed by atoms with Crippen LogP contribution in [0.5, 0.6) is 5.75 Å². The normalized spacial score (nSPS) is 17.1. The van der Waals surface area contributed by atoms with E-state index < -0.39 is 5.31 Å². The molecule has 0 spiro atoms. The van der Waals surface area contributed by atoms with Crippen molar-refractivity contribution in [2.24, 2.45) is 0 Å². The van der Waals surface area contributed by atoms with Gasteiger partial charge in [-0.3, -0.25) is 0 Å². The molecule has 0 radical (unpaired) electrons. The first-order valence-corrected chi connectivity index (χ1v) is 16.2. The first-order valence-electron chi connectivity index (χ1n) is 11.9. The Balaban J connectivity index is 1.70. The van der Waals surface area contributed by atoms with Crippen LogP contribution in [0.3, 0.4) is 0 Å². The van der Waals surface area contributed by atoms with E-state index in [9.17, 15) is 4.79 Å². The van der Waals surface area contributed by atoms with Crippen LogP contribution in [0, 0.1) is 0 Å². The molecule has 0 N–H and O–H groups in total. The third-order valence-corrected chi connectivity index (χ3v) is 17.9. The number of methoxy groups -OCH3 is 1. The van der Waals surface area contributed by atoms with Crippen molar-refractivity contribution in [3.05, 3.63) is 121 Å². The number of ether oxygens (including phenoxy) is 1. The third kappa shape index (κ3) is 3.80. The Bertz CT molecular complexity index is 1210. The minimum atomic E-state index is -3.37. The predicted molar refractivity (Wildman–Crippen MR) is 151 cm³/mol. The monoisotopic (exact) mass is 545 g/mol. The molecule has 5 rings (SSSR count). The molecule has 1 aliphatic heterocycles. The molecule has 1 atom stereocenters. The van der Waals surface area contributed by atoms with Crippen molar-refractivity contribution in [3.8, 4) is 5.75 Å². The van der Waals surface area contributed by atoms with Crippen LogP contribution in [0.1, 0.15) is 12.0 Å². The molecule has 1 unspecified atom stereocenters. The zero-order valence-corrected chi connectivity index (χ0v) is 22.2. The Morgan fingerprint density at radius 3 is 1.71 bits per heavy atom. The molecule has 4 aromatic rings. The molecule has 3 nitrogen and oxygen atoms in total. The van der Waals surface area contributed by atoms with Crippen LogP contribution in [-0.4, -0.2) is 30.1 Å². The summed E-state index contributed by atoms with van der Waals surface area (Å²) in [5.74, 6) is 0.997. The summed E-state index contributed by atoms with van der Waals surface area (Å²) in [4.78, 5) is 16.4. The molecule has 4 aromatic carbocycles. The van der Waals surface area contributed by atoms with Gasteiger partial charge < -0.3 is 0 Å². The average molecular weight is 546 g/mol. The van der Waals surface area contributed by atoms with Crippen molar-refractivity contribution in [2.45, 2.75) is 18.6 Å². The van der Waals surface area contributed by atoms with Gasteiger partial charge in [-0.15, -0.1) is 0 Å². The summed E-state index contributed by atoms with van der Waals surface area (Å²) in [5.41, 5.74) is 0.806. The van der Waals surface area contributed by atoms with Gasteiger partial charge in [0, 0.05) is 0 Å². The number of carbonyl (C=O) groups excluding carboxylic acids is 1. The van der Waals surface area contributed by atoms with Crippen molar-refractivity contribution in [3.63, 3.8) is 0 Å². The summed E-state index contributed by atoms with van der Waals surface area (Å²) in [6.45, 7) is 1.24. The summed E-state index contributed by atoms with van der Waals surface area (Å²) in [6, 6.07) is 39.6. The van der Waals surface area contributed by atoms with Crippen LogP contribution in [0.25, 0.3) is 0 Å². The fraction of sp³-hybridized carbons (Fsp3) is 0.167. The van der Waals surface area contributed by atoms with Crippen LogP contribution < -0.4 is 20.7 Å². The van der Waals surface area contributed by atoms with E-state index in [-0.39, 0.29) is 11.6 Å². The first kappa shape index (κ1) is 23.8. The molecule has 0 saturated carbocycles. The maximum absolute atomic E-state index is 14.4. The molecule has 1 heterocycles. The summed E-state index contributed by atoms with van der Waals surface area (Å²) < 4.78 is 5.57. The standard InChI is InChI=1S/C30H29BrNO2P/c1-34-28-20-12-11-13-24(28)23-32-22-21-29(30(32)33)35(31,25-14-5-2-6-15-25,26-16-7-3-8-17-26)27-18-9-4-10-19-27/h2-20,29H,21-23H2,1H3. The molecule has 1 saturated heterocycles. The van der Waals surface area contributed by atoms with Crippen molar-refractivity contribution < 1.29 is 9.53 Å². The number of hydrogen-bond donors (Lipinski definition) is 0. The molecule has 0 bridgehead atoms. The van der Waals surface area contributed by atoms with Gasteiger partial charge in [-0.2, -0.15) is 0 Å². The van der Waals surface area contributed by atoms with E-state index in [1.54, 1.807) is 7.11 Å². The molecule has 0 aliphatic carbocycles. The van der Waals surface area contributed by atoms with E-state index in [1.165, 1.54) is 15.9 Å². The molecule has 178 valence electrons. The number of halogens is 1. The van der Waals surface area contributed by atoms with E-state index >= 15 is 0 Å². The fourth-order valence-electron chi connectivity index (χ4n) is 5.51. The van der Waals surface area contributed by atoms with Gasteiger partial charge in [-0.05, 0) is 0 Å². The van der Waals surface area contributed by atoms with Gasteiger partial charge in [0.05, 0.1) is 0 Å². The predicted octanol–water partition coefficient (Wildman–Crippen LogP) is 5.64. The van der Waals surface area contributed by atoms with Gasteiger partial charge in [-0.1, -0.05) is 0 Å². The zero-order valence-electron chi connectivity index (χ0n) is 19.8. The van der Waals surface area contributed by atoms with Crippen LogP contribution in [0.4, 0.5) is 0 Å². The number of hydrogen-bond acceptors (Lipinski definition) is 2. The van der Waals surface area contributed by atoms with E-state index in [0.29, 0.717) is 13.1 Å². The van der Waals surface area contributed by atoms with Gasteiger partial charge in [0.1, 0.15) is 0 Å². The second-order valence-corrected chi connectivity index (χ2v) is 17.7. The number of rotatable bonds is 7.